The normalized spacial score (nSPS) is 13.0. The van der Waals surface area contributed by atoms with Crippen molar-refractivity contribution < 1.29 is 45.3 Å². The van der Waals surface area contributed by atoms with Crippen LogP contribution in [0.5, 0.6) is 17.2 Å². The van der Waals surface area contributed by atoms with Crippen molar-refractivity contribution in [1.29, 1.82) is 0 Å². The Hall–Kier alpha value is -4.14. The van der Waals surface area contributed by atoms with Gasteiger partial charge in [0.2, 0.25) is 5.75 Å². The molecule has 3 aromatic carbocycles. The molecule has 0 N–H and O–H groups in total. The molecule has 1 saturated carbocycles. The third-order valence-electron chi connectivity index (χ3n) is 6.29. The van der Waals surface area contributed by atoms with E-state index in [9.17, 15) is 36.5 Å². The van der Waals surface area contributed by atoms with Gasteiger partial charge in [0.25, 0.3) is 0 Å². The molecule has 0 amide bonds. The van der Waals surface area contributed by atoms with Crippen molar-refractivity contribution in [2.45, 2.75) is 36.8 Å². The van der Waals surface area contributed by atoms with Gasteiger partial charge in [-0.2, -0.15) is 13.2 Å². The number of benzene rings is 3. The number of hydrogen-bond donors (Lipinski definition) is 0. The third-order valence-corrected chi connectivity index (χ3v) is 7.96. The smallest absolute Gasteiger partial charge is 0.416 e. The molecule has 1 aliphatic carbocycles. The Labute approximate surface area is 264 Å². The van der Waals surface area contributed by atoms with Gasteiger partial charge in [-0.3, -0.25) is 14.9 Å². The zero-order valence-corrected chi connectivity index (χ0v) is 25.8. The first-order chi connectivity index (χ1) is 21.1. The summed E-state index contributed by atoms with van der Waals surface area (Å²) in [5.74, 6) is 0.458. The number of aromatic nitrogens is 1. The van der Waals surface area contributed by atoms with Gasteiger partial charge in [-0.25, -0.2) is 8.42 Å². The van der Waals surface area contributed by atoms with Crippen LogP contribution in [0.15, 0.2) is 70.2 Å². The Morgan fingerprint density at radius 1 is 1.07 bits per heavy atom. The van der Waals surface area contributed by atoms with Crippen molar-refractivity contribution in [2.24, 2.45) is 0 Å². The van der Waals surface area contributed by atoms with Crippen LogP contribution in [0.4, 0.5) is 18.9 Å². The maximum absolute atomic E-state index is 12.6. The van der Waals surface area contributed by atoms with Gasteiger partial charge in [0.05, 0.1) is 38.8 Å². The predicted molar refractivity (Wildman–Crippen MR) is 157 cm³/mol. The molecule has 0 bridgehead atoms. The second-order valence-electron chi connectivity index (χ2n) is 9.68. The van der Waals surface area contributed by atoms with Crippen molar-refractivity contribution in [1.82, 2.24) is 5.16 Å². The first kappa shape index (κ1) is 33.7. The zero-order valence-electron chi connectivity index (χ0n) is 23.4. The van der Waals surface area contributed by atoms with E-state index >= 15 is 0 Å². The Balaban J connectivity index is 0.000000206. The molecular formula is C29H23Cl2F3N2O8S. The van der Waals surface area contributed by atoms with Crippen LogP contribution in [-0.2, 0) is 16.0 Å². The van der Waals surface area contributed by atoms with Gasteiger partial charge in [-0.15, -0.1) is 0 Å². The fraction of sp³-hybridized carbons (Fsp3) is 0.241. The summed E-state index contributed by atoms with van der Waals surface area (Å²) in [6.07, 6.45) is -0.219. The molecule has 0 atom stereocenters. The summed E-state index contributed by atoms with van der Waals surface area (Å²) >= 11 is 11.6. The van der Waals surface area contributed by atoms with Gasteiger partial charge in [-0.1, -0.05) is 28.4 Å². The van der Waals surface area contributed by atoms with E-state index in [2.05, 4.69) is 5.16 Å². The number of nitrogens with zero attached hydrogens (tertiary/aromatic N) is 2. The lowest BCUT2D eigenvalue weighted by atomic mass is 10.0. The van der Waals surface area contributed by atoms with Crippen LogP contribution < -0.4 is 9.47 Å². The van der Waals surface area contributed by atoms with Gasteiger partial charge >= 0.3 is 11.9 Å². The van der Waals surface area contributed by atoms with Gasteiger partial charge in [0, 0.05) is 34.9 Å². The highest BCUT2D eigenvalue weighted by Gasteiger charge is 2.34. The number of carbonyl (C=O) groups is 1. The van der Waals surface area contributed by atoms with E-state index in [1.165, 1.54) is 42.6 Å². The molecule has 10 nitrogen and oxygen atoms in total. The third kappa shape index (κ3) is 8.32. The Morgan fingerprint density at radius 3 is 2.36 bits per heavy atom. The van der Waals surface area contributed by atoms with E-state index in [1.54, 1.807) is 6.92 Å². The molecule has 4 aromatic rings. The Kier molecular flexibility index (Phi) is 10.1. The Morgan fingerprint density at radius 2 is 1.78 bits per heavy atom. The fourth-order valence-corrected chi connectivity index (χ4v) is 5.42. The average Bonchev–Trinajstić information content (AvgIpc) is 3.69. The number of nitro groups is 1. The van der Waals surface area contributed by atoms with Crippen LogP contribution in [0.1, 0.15) is 52.9 Å². The molecule has 1 aliphatic rings. The monoisotopic (exact) mass is 686 g/mol. The number of alkyl halides is 3. The summed E-state index contributed by atoms with van der Waals surface area (Å²) in [5, 5.41) is 14.6. The SMILES string of the molecule is CCOc1cc(Oc2ccc(C(F)(F)F)cc2Cl)ccc1[N+](=O)[O-].CS(=O)(=O)c1cc(Cl)ccc1C(=O)c1cnoc1C1CC1. The number of halogens is 5. The summed E-state index contributed by atoms with van der Waals surface area (Å²) in [6.45, 7) is 1.86. The second-order valence-corrected chi connectivity index (χ2v) is 12.5. The molecule has 0 spiro atoms. The zero-order chi connectivity index (χ0) is 33.1. The van der Waals surface area contributed by atoms with Gasteiger partial charge < -0.3 is 14.0 Å². The highest BCUT2D eigenvalue weighted by Crippen LogP contribution is 2.42. The molecule has 238 valence electrons. The van der Waals surface area contributed by atoms with E-state index in [-0.39, 0.29) is 56.0 Å². The highest BCUT2D eigenvalue weighted by atomic mass is 35.5. The fourth-order valence-electron chi connectivity index (χ4n) is 4.06. The molecule has 0 saturated heterocycles. The van der Waals surface area contributed by atoms with E-state index < -0.39 is 32.3 Å². The number of rotatable bonds is 9. The quantitative estimate of drug-likeness (QED) is 0.0966. The lowest BCUT2D eigenvalue weighted by Crippen LogP contribution is -2.10. The van der Waals surface area contributed by atoms with Crippen molar-refractivity contribution in [3.05, 3.63) is 103 Å². The van der Waals surface area contributed by atoms with E-state index in [0.717, 1.165) is 37.3 Å². The molecule has 1 aromatic heterocycles. The minimum Gasteiger partial charge on any atom is -0.487 e. The number of ketones is 1. The van der Waals surface area contributed by atoms with E-state index in [1.807, 2.05) is 0 Å². The van der Waals surface area contributed by atoms with Crippen LogP contribution in [0.25, 0.3) is 0 Å². The molecule has 5 rings (SSSR count). The van der Waals surface area contributed by atoms with Crippen molar-refractivity contribution >= 4 is 44.5 Å². The summed E-state index contributed by atoms with van der Waals surface area (Å²) in [7, 11) is -3.57. The minimum absolute atomic E-state index is 0.0111. The number of carbonyl (C=O) groups excluding carboxylic acids is 1. The molecule has 0 unspecified atom stereocenters. The van der Waals surface area contributed by atoms with Gasteiger partial charge in [0.1, 0.15) is 11.5 Å². The van der Waals surface area contributed by atoms with Crippen LogP contribution in [0.2, 0.25) is 10.0 Å². The van der Waals surface area contributed by atoms with Crippen LogP contribution >= 0.6 is 23.2 Å². The molecule has 0 radical (unpaired) electrons. The lowest BCUT2D eigenvalue weighted by Gasteiger charge is -2.12. The minimum atomic E-state index is -4.52. The van der Waals surface area contributed by atoms with Gasteiger partial charge in [0.15, 0.2) is 21.4 Å². The molecule has 1 heterocycles. The summed E-state index contributed by atoms with van der Waals surface area (Å²) in [5.41, 5.74) is -0.738. The van der Waals surface area contributed by atoms with Crippen LogP contribution in [-0.4, -0.2) is 37.1 Å². The first-order valence-corrected chi connectivity index (χ1v) is 15.7. The average molecular weight is 687 g/mol. The predicted octanol–water partition coefficient (Wildman–Crippen LogP) is 8.30. The molecule has 0 aliphatic heterocycles. The summed E-state index contributed by atoms with van der Waals surface area (Å²) in [4.78, 5) is 22.8. The Bertz CT molecular complexity index is 1860. The van der Waals surface area contributed by atoms with Crippen LogP contribution in [0, 0.1) is 10.1 Å². The number of sulfone groups is 1. The van der Waals surface area contributed by atoms with Crippen LogP contribution in [0.3, 0.4) is 0 Å². The van der Waals surface area contributed by atoms with Crippen molar-refractivity contribution in [3.8, 4) is 17.2 Å². The van der Waals surface area contributed by atoms with Gasteiger partial charge in [-0.05, 0) is 62.2 Å². The standard InChI is InChI=1S/C15H11ClF3NO4.C14H12ClNO4S/c1-2-23-14-8-10(4-5-12(14)20(21)22)24-13-6-3-9(7-11(13)16)15(17,18)19;1-21(18,19)12-6-9(15)4-5-10(12)13(17)11-7-16-20-14(11)8-2-3-8/h3-8H,2H2,1H3;4-8H,2-3H2,1H3. The highest BCUT2D eigenvalue weighted by molar-refractivity contribution is 7.90. The molecule has 1 fully saturated rings. The number of nitro benzene ring substituents is 1. The van der Waals surface area contributed by atoms with Crippen molar-refractivity contribution in [2.75, 3.05) is 12.9 Å². The molecule has 45 heavy (non-hydrogen) atoms. The molecular weight excluding hydrogens is 664 g/mol. The van der Waals surface area contributed by atoms with Crippen molar-refractivity contribution in [3.63, 3.8) is 0 Å². The lowest BCUT2D eigenvalue weighted by molar-refractivity contribution is -0.385. The number of ether oxygens (including phenoxy) is 2. The van der Waals surface area contributed by atoms with E-state index in [0.29, 0.717) is 11.3 Å². The first-order valence-electron chi connectivity index (χ1n) is 13.0. The molecule has 16 heteroatoms. The topological polar surface area (TPSA) is 139 Å². The summed E-state index contributed by atoms with van der Waals surface area (Å²) in [6, 6.07) is 10.6. The van der Waals surface area contributed by atoms with E-state index in [4.69, 9.17) is 37.2 Å². The largest absolute Gasteiger partial charge is 0.487 e. The number of hydrogen-bond acceptors (Lipinski definition) is 9. The summed E-state index contributed by atoms with van der Waals surface area (Å²) < 4.78 is 77.2. The maximum Gasteiger partial charge on any atom is 0.416 e. The maximum atomic E-state index is 12.6. The second kappa shape index (κ2) is 13.5.